The molecule has 2 aliphatic carbocycles. The molecular weight excluding hydrogens is 206 g/mol. The summed E-state index contributed by atoms with van der Waals surface area (Å²) in [5.41, 5.74) is 0. The maximum atomic E-state index is 11.8. The van der Waals surface area contributed by atoms with Crippen LogP contribution in [0.2, 0.25) is 0 Å². The molecule has 90 valence electrons. The summed E-state index contributed by atoms with van der Waals surface area (Å²) in [7, 11) is 0. The second kappa shape index (κ2) is 4.07. The van der Waals surface area contributed by atoms with E-state index in [4.69, 9.17) is 5.11 Å². The van der Waals surface area contributed by atoms with E-state index in [0.717, 1.165) is 12.3 Å². The Kier molecular flexibility index (Phi) is 2.91. The molecule has 2 saturated carbocycles. The number of rotatable bonds is 5. The van der Waals surface area contributed by atoms with E-state index in [9.17, 15) is 9.59 Å². The summed E-state index contributed by atoms with van der Waals surface area (Å²) in [5, 5.41) is 11.6. The highest BCUT2D eigenvalue weighted by atomic mass is 16.4. The van der Waals surface area contributed by atoms with E-state index in [1.807, 2.05) is 13.8 Å². The molecule has 4 nitrogen and oxygen atoms in total. The molecule has 0 aromatic heterocycles. The molecule has 0 spiro atoms. The number of carboxylic acid groups (broad SMARTS) is 1. The highest BCUT2D eigenvalue weighted by molar-refractivity contribution is 5.86. The summed E-state index contributed by atoms with van der Waals surface area (Å²) in [5.74, 6) is 0.317. The normalized spacial score (nSPS) is 29.9. The lowest BCUT2D eigenvalue weighted by Crippen LogP contribution is -2.45. The molecule has 0 saturated heterocycles. The Labute approximate surface area is 95.4 Å². The minimum atomic E-state index is -0.938. The third-order valence-corrected chi connectivity index (χ3v) is 3.63. The predicted octanol–water partition coefficient (Wildman–Crippen LogP) is 1.26. The van der Waals surface area contributed by atoms with Crippen LogP contribution in [0.4, 0.5) is 0 Å². The second-order valence-electron chi connectivity index (χ2n) is 5.41. The minimum absolute atomic E-state index is 0.0574. The molecule has 1 amide bonds. The zero-order valence-electron chi connectivity index (χ0n) is 9.77. The van der Waals surface area contributed by atoms with Crippen LogP contribution >= 0.6 is 0 Å². The van der Waals surface area contributed by atoms with E-state index < -0.39 is 12.0 Å². The van der Waals surface area contributed by atoms with Crippen molar-refractivity contribution in [2.75, 3.05) is 0 Å². The van der Waals surface area contributed by atoms with Gasteiger partial charge in [-0.15, -0.1) is 0 Å². The molecule has 0 aromatic rings. The van der Waals surface area contributed by atoms with Crippen LogP contribution in [-0.4, -0.2) is 23.0 Å². The van der Waals surface area contributed by atoms with E-state index in [2.05, 4.69) is 5.32 Å². The van der Waals surface area contributed by atoms with Crippen molar-refractivity contribution in [3.05, 3.63) is 0 Å². The average Bonchev–Trinajstić information content (AvgIpc) is 3.00. The Bertz CT molecular complexity index is 309. The van der Waals surface area contributed by atoms with Gasteiger partial charge in [-0.1, -0.05) is 13.8 Å². The fourth-order valence-electron chi connectivity index (χ4n) is 2.34. The smallest absolute Gasteiger partial charge is 0.326 e. The number of nitrogens with one attached hydrogen (secondary N) is 1. The predicted molar refractivity (Wildman–Crippen MR) is 58.7 cm³/mol. The summed E-state index contributed by atoms with van der Waals surface area (Å²) >= 11 is 0. The van der Waals surface area contributed by atoms with Crippen LogP contribution in [0.1, 0.15) is 33.1 Å². The summed E-state index contributed by atoms with van der Waals surface area (Å²) in [6, 6.07) is -0.743. The SMILES string of the molecule is CC(C)[C@@H](NC(=O)C1CC1C1CC1)C(=O)O. The fraction of sp³-hybridized carbons (Fsp3) is 0.833. The summed E-state index contributed by atoms with van der Waals surface area (Å²) in [6.45, 7) is 3.62. The van der Waals surface area contributed by atoms with Gasteiger partial charge in [-0.3, -0.25) is 4.79 Å². The molecule has 0 radical (unpaired) electrons. The molecule has 0 aromatic carbocycles. The molecule has 2 rings (SSSR count). The Morgan fingerprint density at radius 1 is 1.31 bits per heavy atom. The highest BCUT2D eigenvalue weighted by Crippen LogP contribution is 2.54. The van der Waals surface area contributed by atoms with Crippen molar-refractivity contribution < 1.29 is 14.7 Å². The van der Waals surface area contributed by atoms with Crippen LogP contribution in [0.15, 0.2) is 0 Å². The highest BCUT2D eigenvalue weighted by Gasteiger charge is 2.51. The quantitative estimate of drug-likeness (QED) is 0.740. The molecule has 2 unspecified atom stereocenters. The van der Waals surface area contributed by atoms with Gasteiger partial charge in [0.15, 0.2) is 0 Å². The first-order valence-electron chi connectivity index (χ1n) is 6.04. The number of amides is 1. The molecule has 2 aliphatic rings. The van der Waals surface area contributed by atoms with Crippen molar-refractivity contribution in [3.63, 3.8) is 0 Å². The molecule has 3 atom stereocenters. The second-order valence-corrected chi connectivity index (χ2v) is 5.41. The number of hydrogen-bond acceptors (Lipinski definition) is 2. The number of hydrogen-bond donors (Lipinski definition) is 2. The Morgan fingerprint density at radius 2 is 1.94 bits per heavy atom. The Hall–Kier alpha value is -1.06. The summed E-state index contributed by atoms with van der Waals surface area (Å²) < 4.78 is 0. The minimum Gasteiger partial charge on any atom is -0.480 e. The first-order valence-corrected chi connectivity index (χ1v) is 6.04. The molecule has 4 heteroatoms. The van der Waals surface area contributed by atoms with Gasteiger partial charge in [0, 0.05) is 5.92 Å². The van der Waals surface area contributed by atoms with Gasteiger partial charge in [0.25, 0.3) is 0 Å². The van der Waals surface area contributed by atoms with E-state index in [-0.39, 0.29) is 17.7 Å². The van der Waals surface area contributed by atoms with Crippen molar-refractivity contribution in [2.45, 2.75) is 39.2 Å². The Balaban J connectivity index is 1.83. The van der Waals surface area contributed by atoms with E-state index in [1.54, 1.807) is 0 Å². The summed E-state index contributed by atoms with van der Waals surface area (Å²) in [6.07, 6.45) is 3.46. The Morgan fingerprint density at radius 3 is 2.38 bits per heavy atom. The molecular formula is C12H19NO3. The first-order chi connectivity index (χ1) is 7.50. The number of carboxylic acids is 1. The maximum absolute atomic E-state index is 11.8. The molecule has 0 heterocycles. The van der Waals surface area contributed by atoms with E-state index >= 15 is 0 Å². The van der Waals surface area contributed by atoms with Gasteiger partial charge in [0.05, 0.1) is 0 Å². The third kappa shape index (κ3) is 2.36. The van der Waals surface area contributed by atoms with Crippen LogP contribution in [0.3, 0.4) is 0 Å². The van der Waals surface area contributed by atoms with Gasteiger partial charge in [0.2, 0.25) is 5.91 Å². The number of aliphatic carboxylic acids is 1. The largest absolute Gasteiger partial charge is 0.480 e. The molecule has 2 N–H and O–H groups in total. The van der Waals surface area contributed by atoms with Gasteiger partial charge >= 0.3 is 5.97 Å². The standard InChI is InChI=1S/C12H19NO3/c1-6(2)10(12(15)16)13-11(14)9-5-8(9)7-3-4-7/h6-10H,3-5H2,1-2H3,(H,13,14)(H,15,16)/t8?,9?,10-/m1/s1. The molecule has 2 fully saturated rings. The van der Waals surface area contributed by atoms with Gasteiger partial charge in [-0.25, -0.2) is 4.79 Å². The van der Waals surface area contributed by atoms with Crippen molar-refractivity contribution in [2.24, 2.45) is 23.7 Å². The van der Waals surface area contributed by atoms with Crippen LogP contribution < -0.4 is 5.32 Å². The zero-order valence-corrected chi connectivity index (χ0v) is 9.77. The van der Waals surface area contributed by atoms with E-state index in [1.165, 1.54) is 12.8 Å². The third-order valence-electron chi connectivity index (χ3n) is 3.63. The van der Waals surface area contributed by atoms with Crippen molar-refractivity contribution in [1.82, 2.24) is 5.32 Å². The van der Waals surface area contributed by atoms with Crippen LogP contribution in [0, 0.1) is 23.7 Å². The first kappa shape index (κ1) is 11.4. The maximum Gasteiger partial charge on any atom is 0.326 e. The molecule has 0 bridgehead atoms. The van der Waals surface area contributed by atoms with Crippen LogP contribution in [0.25, 0.3) is 0 Å². The lowest BCUT2D eigenvalue weighted by molar-refractivity contribution is -0.143. The van der Waals surface area contributed by atoms with E-state index in [0.29, 0.717) is 5.92 Å². The van der Waals surface area contributed by atoms with Crippen LogP contribution in [0.5, 0.6) is 0 Å². The van der Waals surface area contributed by atoms with Crippen molar-refractivity contribution in [3.8, 4) is 0 Å². The number of carbonyl (C=O) groups excluding carboxylic acids is 1. The van der Waals surface area contributed by atoms with Crippen molar-refractivity contribution >= 4 is 11.9 Å². The average molecular weight is 225 g/mol. The lowest BCUT2D eigenvalue weighted by Gasteiger charge is -2.17. The van der Waals surface area contributed by atoms with Gasteiger partial charge in [-0.05, 0) is 37.0 Å². The van der Waals surface area contributed by atoms with Gasteiger partial charge < -0.3 is 10.4 Å². The fourth-order valence-corrected chi connectivity index (χ4v) is 2.34. The van der Waals surface area contributed by atoms with Crippen LogP contribution in [-0.2, 0) is 9.59 Å². The zero-order chi connectivity index (χ0) is 11.9. The number of carbonyl (C=O) groups is 2. The molecule has 16 heavy (non-hydrogen) atoms. The monoisotopic (exact) mass is 225 g/mol. The van der Waals surface area contributed by atoms with Crippen molar-refractivity contribution in [1.29, 1.82) is 0 Å². The molecule has 0 aliphatic heterocycles. The van der Waals surface area contributed by atoms with Gasteiger partial charge in [0.1, 0.15) is 6.04 Å². The lowest BCUT2D eigenvalue weighted by atomic mass is 10.0. The van der Waals surface area contributed by atoms with Gasteiger partial charge in [-0.2, -0.15) is 0 Å². The summed E-state index contributed by atoms with van der Waals surface area (Å²) in [4.78, 5) is 22.7. The topological polar surface area (TPSA) is 66.4 Å².